The predicted octanol–water partition coefficient (Wildman–Crippen LogP) is 1.65. The molecule has 1 saturated heterocycles. The Morgan fingerprint density at radius 1 is 1.44 bits per heavy atom. The van der Waals surface area contributed by atoms with Crippen LogP contribution in [0.3, 0.4) is 0 Å². The van der Waals surface area contributed by atoms with Crippen molar-refractivity contribution in [3.8, 4) is 0 Å². The Balaban J connectivity index is 2.11. The van der Waals surface area contributed by atoms with E-state index in [0.717, 1.165) is 5.56 Å². The van der Waals surface area contributed by atoms with Gasteiger partial charge in [-0.05, 0) is 17.7 Å². The molecule has 1 N–H and O–H groups in total. The van der Waals surface area contributed by atoms with E-state index in [-0.39, 0.29) is 18.3 Å². The maximum absolute atomic E-state index is 10.9. The lowest BCUT2D eigenvalue weighted by Gasteiger charge is -2.31. The second kappa shape index (κ2) is 5.01. The quantitative estimate of drug-likeness (QED) is 0.638. The van der Waals surface area contributed by atoms with E-state index in [9.17, 15) is 14.9 Å². The average molecular weight is 252 g/mol. The minimum atomic E-state index is -0.981. The third kappa shape index (κ3) is 2.57. The fraction of sp³-hybridized carbons (Fsp3) is 0.364. The molecule has 1 aromatic rings. The van der Waals surface area contributed by atoms with Crippen LogP contribution in [0.25, 0.3) is 0 Å². The van der Waals surface area contributed by atoms with E-state index >= 15 is 0 Å². The molecule has 0 bridgehead atoms. The van der Waals surface area contributed by atoms with E-state index in [1.807, 2.05) is 0 Å². The molecule has 18 heavy (non-hydrogen) atoms. The molecule has 7 nitrogen and oxygen atoms in total. The van der Waals surface area contributed by atoms with Crippen molar-refractivity contribution in [3.05, 3.63) is 39.9 Å². The van der Waals surface area contributed by atoms with Gasteiger partial charge in [0.1, 0.15) is 6.10 Å². The van der Waals surface area contributed by atoms with Crippen molar-refractivity contribution in [3.63, 3.8) is 0 Å². The molecule has 2 rings (SSSR count). The Bertz CT molecular complexity index is 459. The molecule has 96 valence electrons. The molecule has 7 heteroatoms. The zero-order chi connectivity index (χ0) is 13.1. The van der Waals surface area contributed by atoms with Crippen LogP contribution in [0.4, 0.5) is 10.5 Å². The highest BCUT2D eigenvalue weighted by Crippen LogP contribution is 2.24. The van der Waals surface area contributed by atoms with E-state index < -0.39 is 11.0 Å². The van der Waals surface area contributed by atoms with Crippen LogP contribution in [0, 0.1) is 10.1 Å². The van der Waals surface area contributed by atoms with Crippen molar-refractivity contribution in [2.75, 3.05) is 19.7 Å². The number of carboxylic acid groups (broad SMARTS) is 1. The minimum Gasteiger partial charge on any atom is -0.465 e. The lowest BCUT2D eigenvalue weighted by atomic mass is 10.1. The molecule has 1 fully saturated rings. The van der Waals surface area contributed by atoms with Gasteiger partial charge in [0.15, 0.2) is 0 Å². The summed E-state index contributed by atoms with van der Waals surface area (Å²) in [5.41, 5.74) is 0.746. The molecule has 1 aliphatic heterocycles. The molecular weight excluding hydrogens is 240 g/mol. The standard InChI is InChI=1S/C11H12N2O5/c14-11(15)12-5-6-18-10(7-12)8-1-3-9(4-2-8)13(16)17/h1-4,10H,5-7H2,(H,14,15)/t10-/m0/s1. The summed E-state index contributed by atoms with van der Waals surface area (Å²) in [4.78, 5) is 22.2. The van der Waals surface area contributed by atoms with Gasteiger partial charge in [-0.3, -0.25) is 10.1 Å². The number of morpholine rings is 1. The normalized spacial score (nSPS) is 19.6. The Morgan fingerprint density at radius 2 is 2.11 bits per heavy atom. The summed E-state index contributed by atoms with van der Waals surface area (Å²) in [6, 6.07) is 5.96. The second-order valence-electron chi connectivity index (χ2n) is 3.94. The van der Waals surface area contributed by atoms with E-state index in [4.69, 9.17) is 9.84 Å². The third-order valence-electron chi connectivity index (χ3n) is 2.81. The Morgan fingerprint density at radius 3 is 2.67 bits per heavy atom. The SMILES string of the molecule is O=C(O)N1CCO[C@H](c2ccc([N+](=O)[O-])cc2)C1. The molecule has 0 unspecified atom stereocenters. The van der Waals surface area contributed by atoms with Crippen LogP contribution in [0.15, 0.2) is 24.3 Å². The fourth-order valence-electron chi connectivity index (χ4n) is 1.84. The molecule has 1 amide bonds. The molecule has 1 aromatic carbocycles. The lowest BCUT2D eigenvalue weighted by Crippen LogP contribution is -2.41. The molecule has 0 spiro atoms. The minimum absolute atomic E-state index is 0.00431. The van der Waals surface area contributed by atoms with E-state index in [0.29, 0.717) is 13.2 Å². The van der Waals surface area contributed by atoms with Crippen LogP contribution in [-0.2, 0) is 4.74 Å². The maximum Gasteiger partial charge on any atom is 0.407 e. The number of hydrogen-bond donors (Lipinski definition) is 1. The molecule has 0 saturated carbocycles. The van der Waals surface area contributed by atoms with Gasteiger partial charge in [-0.1, -0.05) is 0 Å². The first kappa shape index (κ1) is 12.3. The summed E-state index contributed by atoms with van der Waals surface area (Å²) in [5, 5.41) is 19.4. The van der Waals surface area contributed by atoms with Crippen molar-refractivity contribution in [1.82, 2.24) is 4.90 Å². The van der Waals surface area contributed by atoms with Crippen LogP contribution >= 0.6 is 0 Å². The number of benzene rings is 1. The van der Waals surface area contributed by atoms with Gasteiger partial charge in [0.2, 0.25) is 0 Å². The Hall–Kier alpha value is -2.15. The van der Waals surface area contributed by atoms with Gasteiger partial charge in [-0.15, -0.1) is 0 Å². The Kier molecular flexibility index (Phi) is 3.42. The van der Waals surface area contributed by atoms with Gasteiger partial charge in [-0.2, -0.15) is 0 Å². The highest BCUT2D eigenvalue weighted by molar-refractivity contribution is 5.65. The van der Waals surface area contributed by atoms with Gasteiger partial charge < -0.3 is 14.7 Å². The van der Waals surface area contributed by atoms with Crippen molar-refractivity contribution in [1.29, 1.82) is 0 Å². The summed E-state index contributed by atoms with van der Waals surface area (Å²) in [6.07, 6.45) is -1.35. The summed E-state index contributed by atoms with van der Waals surface area (Å²) >= 11 is 0. The van der Waals surface area contributed by atoms with Gasteiger partial charge in [0, 0.05) is 18.7 Å². The number of non-ortho nitro benzene ring substituents is 1. The molecule has 1 aliphatic rings. The first-order valence-corrected chi connectivity index (χ1v) is 5.42. The topological polar surface area (TPSA) is 92.9 Å². The highest BCUT2D eigenvalue weighted by atomic mass is 16.6. The first-order valence-electron chi connectivity index (χ1n) is 5.42. The summed E-state index contributed by atoms with van der Waals surface area (Å²) in [5.74, 6) is 0. The van der Waals surface area contributed by atoms with Crippen molar-refractivity contribution in [2.24, 2.45) is 0 Å². The maximum atomic E-state index is 10.9. The number of ether oxygens (including phenoxy) is 1. The van der Waals surface area contributed by atoms with Crippen LogP contribution in [0.1, 0.15) is 11.7 Å². The molecule has 1 heterocycles. The van der Waals surface area contributed by atoms with Gasteiger partial charge in [-0.25, -0.2) is 4.79 Å². The number of rotatable bonds is 2. The largest absolute Gasteiger partial charge is 0.465 e. The molecule has 0 aliphatic carbocycles. The van der Waals surface area contributed by atoms with Crippen LogP contribution < -0.4 is 0 Å². The zero-order valence-electron chi connectivity index (χ0n) is 9.48. The van der Waals surface area contributed by atoms with Gasteiger partial charge in [0.05, 0.1) is 18.1 Å². The predicted molar refractivity (Wildman–Crippen MR) is 61.4 cm³/mol. The van der Waals surface area contributed by atoms with Crippen molar-refractivity contribution in [2.45, 2.75) is 6.10 Å². The summed E-state index contributed by atoms with van der Waals surface area (Å²) < 4.78 is 5.47. The molecule has 0 radical (unpaired) electrons. The number of nitro benzene ring substituents is 1. The number of nitrogens with zero attached hydrogens (tertiary/aromatic N) is 2. The first-order chi connectivity index (χ1) is 8.58. The monoisotopic (exact) mass is 252 g/mol. The smallest absolute Gasteiger partial charge is 0.407 e. The van der Waals surface area contributed by atoms with Crippen molar-refractivity contribution < 1.29 is 19.6 Å². The van der Waals surface area contributed by atoms with Gasteiger partial charge in [0.25, 0.3) is 5.69 Å². The fourth-order valence-corrected chi connectivity index (χ4v) is 1.84. The second-order valence-corrected chi connectivity index (χ2v) is 3.94. The number of carbonyl (C=O) groups is 1. The van der Waals surface area contributed by atoms with E-state index in [2.05, 4.69) is 0 Å². The van der Waals surface area contributed by atoms with Crippen LogP contribution in [0.2, 0.25) is 0 Å². The Labute approximate surface area is 103 Å². The van der Waals surface area contributed by atoms with E-state index in [1.165, 1.54) is 17.0 Å². The number of nitro groups is 1. The number of amides is 1. The third-order valence-corrected chi connectivity index (χ3v) is 2.81. The molecule has 0 aromatic heterocycles. The van der Waals surface area contributed by atoms with Crippen LogP contribution in [-0.4, -0.2) is 40.7 Å². The average Bonchev–Trinajstić information content (AvgIpc) is 2.39. The summed E-state index contributed by atoms with van der Waals surface area (Å²) in [7, 11) is 0. The molecule has 1 atom stereocenters. The van der Waals surface area contributed by atoms with Crippen LogP contribution in [0.5, 0.6) is 0 Å². The zero-order valence-corrected chi connectivity index (χ0v) is 9.48. The van der Waals surface area contributed by atoms with Crippen molar-refractivity contribution >= 4 is 11.8 Å². The highest BCUT2D eigenvalue weighted by Gasteiger charge is 2.25. The van der Waals surface area contributed by atoms with Gasteiger partial charge >= 0.3 is 6.09 Å². The molecular formula is C11H12N2O5. The number of hydrogen-bond acceptors (Lipinski definition) is 4. The van der Waals surface area contributed by atoms with E-state index in [1.54, 1.807) is 12.1 Å². The lowest BCUT2D eigenvalue weighted by molar-refractivity contribution is -0.384. The summed E-state index contributed by atoms with van der Waals surface area (Å²) in [6.45, 7) is 0.917.